The van der Waals surface area contributed by atoms with Crippen LogP contribution in [0.2, 0.25) is 0 Å². The maximum Gasteiger partial charge on any atom is 0.136 e. The Hall–Kier alpha value is -4.88. The van der Waals surface area contributed by atoms with E-state index in [2.05, 4.69) is 122 Å². The summed E-state index contributed by atoms with van der Waals surface area (Å²) in [5, 5.41) is 2.32. The van der Waals surface area contributed by atoms with Crippen LogP contribution in [0.4, 0.5) is 0 Å². The predicted octanol–water partition coefficient (Wildman–Crippen LogP) is 9.90. The fourth-order valence-electron chi connectivity index (χ4n) is 7.34. The molecule has 1 spiro atoms. The summed E-state index contributed by atoms with van der Waals surface area (Å²) in [5.41, 5.74) is 16.0. The molecule has 1 aromatic heterocycles. The molecule has 0 atom stereocenters. The molecule has 7 aromatic rings. The van der Waals surface area contributed by atoms with E-state index in [0.717, 1.165) is 21.9 Å². The lowest BCUT2D eigenvalue weighted by Crippen LogP contribution is -2.26. The van der Waals surface area contributed by atoms with Gasteiger partial charge in [0.1, 0.15) is 11.2 Å². The van der Waals surface area contributed by atoms with Crippen LogP contribution in [0.15, 0.2) is 132 Å². The SMILES string of the molecule is Cc1ccc2c(c1)C1(c3ccccc3-c3ccccc31)c1cc(-c3ccc4c(c3)oc3ccccc34)ccc1-2. The summed E-state index contributed by atoms with van der Waals surface area (Å²) in [4.78, 5) is 0. The molecule has 1 heteroatoms. The van der Waals surface area contributed by atoms with Gasteiger partial charge in [-0.3, -0.25) is 0 Å². The Balaban J connectivity index is 1.35. The van der Waals surface area contributed by atoms with Gasteiger partial charge in [-0.25, -0.2) is 0 Å². The van der Waals surface area contributed by atoms with Crippen LogP contribution in [0.25, 0.3) is 55.3 Å². The van der Waals surface area contributed by atoms with Gasteiger partial charge < -0.3 is 4.42 Å². The van der Waals surface area contributed by atoms with Crippen molar-refractivity contribution < 1.29 is 4.42 Å². The van der Waals surface area contributed by atoms with Gasteiger partial charge in [0, 0.05) is 10.8 Å². The Morgan fingerprint density at radius 2 is 1.00 bits per heavy atom. The second-order valence-electron chi connectivity index (χ2n) is 11.0. The van der Waals surface area contributed by atoms with Crippen molar-refractivity contribution in [3.63, 3.8) is 0 Å². The zero-order valence-corrected chi connectivity index (χ0v) is 21.5. The van der Waals surface area contributed by atoms with Crippen LogP contribution in [0.3, 0.4) is 0 Å². The topological polar surface area (TPSA) is 13.1 Å². The lowest BCUT2D eigenvalue weighted by Gasteiger charge is -2.31. The van der Waals surface area contributed by atoms with E-state index < -0.39 is 0 Å². The second-order valence-corrected chi connectivity index (χ2v) is 11.0. The molecule has 2 aliphatic carbocycles. The number of aryl methyl sites for hydroxylation is 1. The van der Waals surface area contributed by atoms with Crippen molar-refractivity contribution in [1.29, 1.82) is 0 Å². The van der Waals surface area contributed by atoms with Gasteiger partial charge in [-0.05, 0) is 86.8 Å². The molecule has 182 valence electrons. The molecule has 0 saturated carbocycles. The van der Waals surface area contributed by atoms with E-state index in [4.69, 9.17) is 4.42 Å². The quantitative estimate of drug-likeness (QED) is 0.220. The fraction of sp³-hybridized carbons (Fsp3) is 0.0526. The largest absolute Gasteiger partial charge is 0.456 e. The van der Waals surface area contributed by atoms with Gasteiger partial charge in [-0.1, -0.05) is 109 Å². The van der Waals surface area contributed by atoms with Crippen LogP contribution in [0, 0.1) is 6.92 Å². The van der Waals surface area contributed by atoms with Crippen molar-refractivity contribution in [1.82, 2.24) is 0 Å². The Morgan fingerprint density at radius 1 is 0.436 bits per heavy atom. The molecule has 0 radical (unpaired) electrons. The van der Waals surface area contributed by atoms with E-state index in [1.54, 1.807) is 0 Å². The highest BCUT2D eigenvalue weighted by Gasteiger charge is 2.51. The molecule has 0 aliphatic heterocycles. The van der Waals surface area contributed by atoms with Crippen molar-refractivity contribution in [3.05, 3.63) is 155 Å². The van der Waals surface area contributed by atoms with Crippen molar-refractivity contribution in [2.75, 3.05) is 0 Å². The molecule has 1 nitrogen and oxygen atoms in total. The van der Waals surface area contributed by atoms with Crippen LogP contribution in [0.1, 0.15) is 27.8 Å². The number of para-hydroxylation sites is 1. The zero-order valence-electron chi connectivity index (χ0n) is 21.5. The summed E-state index contributed by atoms with van der Waals surface area (Å²) in [6.45, 7) is 2.21. The molecule has 0 unspecified atom stereocenters. The number of hydrogen-bond acceptors (Lipinski definition) is 1. The molecule has 9 rings (SSSR count). The number of hydrogen-bond donors (Lipinski definition) is 0. The minimum absolute atomic E-state index is 0.330. The lowest BCUT2D eigenvalue weighted by molar-refractivity contribution is 0.669. The molecule has 0 saturated heterocycles. The summed E-state index contributed by atoms with van der Waals surface area (Å²) in [6, 6.07) is 46.9. The van der Waals surface area contributed by atoms with Crippen LogP contribution in [0.5, 0.6) is 0 Å². The lowest BCUT2D eigenvalue weighted by atomic mass is 9.70. The number of rotatable bonds is 1. The Kier molecular flexibility index (Phi) is 3.98. The standard InChI is InChI=1S/C38H24O/c1-23-14-17-28-29-18-15-24(25-16-19-31-30-10-4-7-13-36(30)39-37(31)22-25)21-35(29)38(34(28)20-23)32-11-5-2-8-26(32)27-9-3-6-12-33(27)38/h2-22H,1H3. The summed E-state index contributed by atoms with van der Waals surface area (Å²) < 4.78 is 6.26. The number of benzene rings is 6. The Labute approximate surface area is 227 Å². The number of furan rings is 1. The Morgan fingerprint density at radius 3 is 1.79 bits per heavy atom. The van der Waals surface area contributed by atoms with Crippen molar-refractivity contribution in [2.45, 2.75) is 12.3 Å². The third-order valence-electron chi connectivity index (χ3n) is 8.96. The van der Waals surface area contributed by atoms with Gasteiger partial charge >= 0.3 is 0 Å². The third kappa shape index (κ3) is 2.60. The highest BCUT2D eigenvalue weighted by molar-refractivity contribution is 6.06. The highest BCUT2D eigenvalue weighted by Crippen LogP contribution is 2.63. The van der Waals surface area contributed by atoms with E-state index in [9.17, 15) is 0 Å². The zero-order chi connectivity index (χ0) is 25.7. The Bertz CT molecular complexity index is 2100. The van der Waals surface area contributed by atoms with E-state index in [1.165, 1.54) is 61.2 Å². The van der Waals surface area contributed by atoms with Crippen molar-refractivity contribution in [2.24, 2.45) is 0 Å². The molecule has 0 N–H and O–H groups in total. The summed E-state index contributed by atoms with van der Waals surface area (Å²) in [7, 11) is 0. The van der Waals surface area contributed by atoms with Crippen LogP contribution in [-0.4, -0.2) is 0 Å². The maximum absolute atomic E-state index is 6.26. The first-order chi connectivity index (χ1) is 19.2. The summed E-state index contributed by atoms with van der Waals surface area (Å²) in [6.07, 6.45) is 0. The molecule has 2 aliphatic rings. The molecule has 0 fully saturated rings. The van der Waals surface area contributed by atoms with Crippen LogP contribution >= 0.6 is 0 Å². The highest BCUT2D eigenvalue weighted by atomic mass is 16.3. The predicted molar refractivity (Wildman–Crippen MR) is 160 cm³/mol. The van der Waals surface area contributed by atoms with Gasteiger partial charge in [-0.15, -0.1) is 0 Å². The first kappa shape index (κ1) is 21.1. The summed E-state index contributed by atoms with van der Waals surface area (Å²) >= 11 is 0. The maximum atomic E-state index is 6.26. The third-order valence-corrected chi connectivity index (χ3v) is 8.96. The van der Waals surface area contributed by atoms with Crippen molar-refractivity contribution >= 4 is 21.9 Å². The van der Waals surface area contributed by atoms with Crippen molar-refractivity contribution in [3.8, 4) is 33.4 Å². The average molecular weight is 497 g/mol. The van der Waals surface area contributed by atoms with Gasteiger partial charge in [0.05, 0.1) is 5.41 Å². The van der Waals surface area contributed by atoms with E-state index >= 15 is 0 Å². The average Bonchev–Trinajstić information content (AvgIpc) is 3.60. The van der Waals surface area contributed by atoms with Gasteiger partial charge in [-0.2, -0.15) is 0 Å². The van der Waals surface area contributed by atoms with Crippen LogP contribution < -0.4 is 0 Å². The van der Waals surface area contributed by atoms with Gasteiger partial charge in [0.15, 0.2) is 0 Å². The first-order valence-corrected chi connectivity index (χ1v) is 13.6. The van der Waals surface area contributed by atoms with E-state index in [1.807, 2.05) is 12.1 Å². The minimum Gasteiger partial charge on any atom is -0.456 e. The molecular formula is C38H24O. The minimum atomic E-state index is -0.330. The van der Waals surface area contributed by atoms with E-state index in [-0.39, 0.29) is 5.41 Å². The fourth-order valence-corrected chi connectivity index (χ4v) is 7.34. The van der Waals surface area contributed by atoms with E-state index in [0.29, 0.717) is 0 Å². The first-order valence-electron chi connectivity index (χ1n) is 13.6. The monoisotopic (exact) mass is 496 g/mol. The molecule has 6 aromatic carbocycles. The normalized spacial score (nSPS) is 14.0. The van der Waals surface area contributed by atoms with Gasteiger partial charge in [0.2, 0.25) is 0 Å². The van der Waals surface area contributed by atoms with Crippen LogP contribution in [-0.2, 0) is 5.41 Å². The number of fused-ring (bicyclic) bond motifs is 13. The molecule has 0 amide bonds. The second kappa shape index (κ2) is 7.36. The smallest absolute Gasteiger partial charge is 0.136 e. The molecule has 0 bridgehead atoms. The summed E-state index contributed by atoms with van der Waals surface area (Å²) in [5.74, 6) is 0. The van der Waals surface area contributed by atoms with Gasteiger partial charge in [0.25, 0.3) is 0 Å². The molecular weight excluding hydrogens is 472 g/mol. The molecule has 1 heterocycles. The molecule has 39 heavy (non-hydrogen) atoms.